The highest BCUT2D eigenvalue weighted by Gasteiger charge is 2.04. The number of benzene rings is 1. The fourth-order valence-corrected chi connectivity index (χ4v) is 1.51. The van der Waals surface area contributed by atoms with Crippen LogP contribution in [0.25, 0.3) is 0 Å². The van der Waals surface area contributed by atoms with Gasteiger partial charge in [-0.1, -0.05) is 6.92 Å². The van der Waals surface area contributed by atoms with Crippen LogP contribution in [-0.2, 0) is 13.0 Å². The maximum Gasteiger partial charge on any atom is 0.148 e. The van der Waals surface area contributed by atoms with Crippen LogP contribution >= 0.6 is 0 Å². The van der Waals surface area contributed by atoms with E-state index < -0.39 is 0 Å². The third-order valence-corrected chi connectivity index (χ3v) is 2.51. The van der Waals surface area contributed by atoms with Crippen LogP contribution in [0.15, 0.2) is 24.3 Å². The molecule has 0 fully saturated rings. The lowest BCUT2D eigenvalue weighted by atomic mass is 10.2. The van der Waals surface area contributed by atoms with Gasteiger partial charge in [-0.15, -0.1) is 0 Å². The Labute approximate surface area is 98.5 Å². The zero-order valence-electron chi connectivity index (χ0n) is 9.50. The Morgan fingerprint density at radius 3 is 2.94 bits per heavy atom. The molecule has 0 unspecified atom stereocenters. The molecule has 0 aliphatic rings. The Hall–Kier alpha value is -2.04. The molecule has 0 radical (unpaired) electrons. The van der Waals surface area contributed by atoms with Crippen LogP contribution in [0.5, 0.6) is 5.75 Å². The largest absolute Gasteiger partial charge is 0.508 e. The fourth-order valence-electron chi connectivity index (χ4n) is 1.51. The maximum atomic E-state index is 13.0. The first-order valence-electron chi connectivity index (χ1n) is 5.44. The van der Waals surface area contributed by atoms with Crippen molar-refractivity contribution in [2.24, 2.45) is 0 Å². The summed E-state index contributed by atoms with van der Waals surface area (Å²) < 4.78 is 13.0. The van der Waals surface area contributed by atoms with Crippen molar-refractivity contribution in [2.45, 2.75) is 19.9 Å². The summed E-state index contributed by atoms with van der Waals surface area (Å²) in [6.07, 6.45) is 0.875. The molecule has 0 amide bonds. The van der Waals surface area contributed by atoms with E-state index in [1.54, 1.807) is 0 Å². The Morgan fingerprint density at radius 1 is 1.41 bits per heavy atom. The van der Waals surface area contributed by atoms with Gasteiger partial charge in [0.15, 0.2) is 0 Å². The number of aromatic hydroxyl groups is 1. The number of rotatable bonds is 4. The van der Waals surface area contributed by atoms with Crippen LogP contribution in [0, 0.1) is 5.82 Å². The molecular formula is C12H14FN3O. The van der Waals surface area contributed by atoms with Gasteiger partial charge in [-0.2, -0.15) is 5.10 Å². The van der Waals surface area contributed by atoms with Gasteiger partial charge in [0, 0.05) is 23.9 Å². The van der Waals surface area contributed by atoms with E-state index in [0.717, 1.165) is 12.1 Å². The number of nitrogens with zero attached hydrogens (tertiary/aromatic N) is 1. The van der Waals surface area contributed by atoms with E-state index in [2.05, 4.69) is 15.5 Å². The van der Waals surface area contributed by atoms with Gasteiger partial charge < -0.3 is 10.4 Å². The minimum Gasteiger partial charge on any atom is -0.508 e. The van der Waals surface area contributed by atoms with E-state index in [9.17, 15) is 9.50 Å². The molecule has 1 aromatic carbocycles. The van der Waals surface area contributed by atoms with Crippen molar-refractivity contribution in [1.29, 1.82) is 0 Å². The second-order valence-electron chi connectivity index (χ2n) is 3.76. The van der Waals surface area contributed by atoms with E-state index in [1.807, 2.05) is 13.0 Å². The summed E-state index contributed by atoms with van der Waals surface area (Å²) in [6.45, 7) is 2.35. The highest BCUT2D eigenvalue weighted by molar-refractivity contribution is 5.40. The second kappa shape index (κ2) is 4.86. The van der Waals surface area contributed by atoms with Crippen molar-refractivity contribution >= 4 is 5.82 Å². The third kappa shape index (κ3) is 2.75. The van der Waals surface area contributed by atoms with Gasteiger partial charge in [0.05, 0.1) is 0 Å². The first kappa shape index (κ1) is 11.4. The molecule has 5 heteroatoms. The molecule has 0 spiro atoms. The molecule has 1 aromatic heterocycles. The van der Waals surface area contributed by atoms with E-state index in [1.165, 1.54) is 18.2 Å². The quantitative estimate of drug-likeness (QED) is 0.762. The first-order chi connectivity index (χ1) is 8.19. The Kier molecular flexibility index (Phi) is 3.27. The topological polar surface area (TPSA) is 60.9 Å². The zero-order valence-corrected chi connectivity index (χ0v) is 9.50. The number of hydrogen-bond donors (Lipinski definition) is 3. The van der Waals surface area contributed by atoms with Gasteiger partial charge >= 0.3 is 0 Å². The molecule has 0 aliphatic heterocycles. The molecular weight excluding hydrogens is 221 g/mol. The zero-order chi connectivity index (χ0) is 12.3. The summed E-state index contributed by atoms with van der Waals surface area (Å²) in [5, 5.41) is 19.5. The van der Waals surface area contributed by atoms with Crippen molar-refractivity contribution in [1.82, 2.24) is 10.2 Å². The molecule has 90 valence electrons. The Morgan fingerprint density at radius 2 is 2.24 bits per heavy atom. The van der Waals surface area contributed by atoms with Gasteiger partial charge in [0.2, 0.25) is 0 Å². The number of aryl methyl sites for hydroxylation is 1. The van der Waals surface area contributed by atoms with Gasteiger partial charge in [-0.3, -0.25) is 5.10 Å². The average molecular weight is 235 g/mol. The minimum atomic E-state index is -0.365. The molecule has 1 heterocycles. The lowest BCUT2D eigenvalue weighted by Gasteiger charge is -2.05. The van der Waals surface area contributed by atoms with Gasteiger partial charge in [0.1, 0.15) is 17.4 Å². The predicted molar refractivity (Wildman–Crippen MR) is 63.4 cm³/mol. The molecule has 4 nitrogen and oxygen atoms in total. The summed E-state index contributed by atoms with van der Waals surface area (Å²) in [7, 11) is 0. The van der Waals surface area contributed by atoms with Crippen LogP contribution < -0.4 is 5.32 Å². The summed E-state index contributed by atoms with van der Waals surface area (Å²) >= 11 is 0. The van der Waals surface area contributed by atoms with Crippen LogP contribution in [0.1, 0.15) is 18.2 Å². The van der Waals surface area contributed by atoms with Crippen LogP contribution in [0.2, 0.25) is 0 Å². The van der Waals surface area contributed by atoms with Crippen molar-refractivity contribution < 1.29 is 9.50 Å². The van der Waals surface area contributed by atoms with Gasteiger partial charge in [-0.25, -0.2) is 4.39 Å². The van der Waals surface area contributed by atoms with Crippen molar-refractivity contribution in [2.75, 3.05) is 5.32 Å². The minimum absolute atomic E-state index is 0.0742. The first-order valence-corrected chi connectivity index (χ1v) is 5.44. The van der Waals surface area contributed by atoms with Gasteiger partial charge in [0.25, 0.3) is 0 Å². The molecule has 2 aromatic rings. The van der Waals surface area contributed by atoms with Crippen LogP contribution in [-0.4, -0.2) is 15.3 Å². The monoisotopic (exact) mass is 235 g/mol. The molecule has 3 N–H and O–H groups in total. The number of aromatic amines is 1. The third-order valence-electron chi connectivity index (χ3n) is 2.51. The van der Waals surface area contributed by atoms with Crippen molar-refractivity contribution in [3.05, 3.63) is 41.3 Å². The number of hydrogen-bond acceptors (Lipinski definition) is 3. The maximum absolute atomic E-state index is 13.0. The number of halogens is 1. The van der Waals surface area contributed by atoms with E-state index in [0.29, 0.717) is 17.9 Å². The van der Waals surface area contributed by atoms with Crippen molar-refractivity contribution in [3.63, 3.8) is 0 Å². The molecule has 0 saturated carbocycles. The Bertz CT molecular complexity index is 510. The van der Waals surface area contributed by atoms with Gasteiger partial charge in [-0.05, 0) is 24.6 Å². The smallest absolute Gasteiger partial charge is 0.148 e. The predicted octanol–water partition coefficient (Wildman–Crippen LogP) is 2.43. The summed E-state index contributed by atoms with van der Waals surface area (Å²) in [6, 6.07) is 5.75. The number of nitrogens with one attached hydrogen (secondary N) is 2. The molecule has 0 atom stereocenters. The molecule has 0 saturated heterocycles. The standard InChI is InChI=1S/C12H14FN3O/c1-2-10-6-12(16-15-10)14-7-8-5-9(13)3-4-11(8)17/h3-6,17H,2,7H2,1H3,(H2,14,15,16). The van der Waals surface area contributed by atoms with Crippen molar-refractivity contribution in [3.8, 4) is 5.75 Å². The molecule has 2 rings (SSSR count). The van der Waals surface area contributed by atoms with E-state index in [4.69, 9.17) is 0 Å². The van der Waals surface area contributed by atoms with E-state index in [-0.39, 0.29) is 11.6 Å². The highest BCUT2D eigenvalue weighted by Crippen LogP contribution is 2.19. The van der Waals surface area contributed by atoms with Crippen LogP contribution in [0.4, 0.5) is 10.2 Å². The normalized spacial score (nSPS) is 10.5. The highest BCUT2D eigenvalue weighted by atomic mass is 19.1. The number of anilines is 1. The van der Waals surface area contributed by atoms with Crippen LogP contribution in [0.3, 0.4) is 0 Å². The average Bonchev–Trinajstić information content (AvgIpc) is 2.78. The summed E-state index contributed by atoms with van der Waals surface area (Å²) in [5.74, 6) is 0.395. The van der Waals surface area contributed by atoms with E-state index >= 15 is 0 Å². The fraction of sp³-hybridized carbons (Fsp3) is 0.250. The number of H-pyrrole nitrogens is 1. The molecule has 0 bridgehead atoms. The summed E-state index contributed by atoms with van der Waals surface area (Å²) in [5.41, 5.74) is 1.53. The molecule has 0 aliphatic carbocycles. The summed E-state index contributed by atoms with van der Waals surface area (Å²) in [4.78, 5) is 0. The number of aromatic nitrogens is 2. The second-order valence-corrected chi connectivity index (χ2v) is 3.76. The lowest BCUT2D eigenvalue weighted by Crippen LogP contribution is -2.00. The number of phenols is 1. The lowest BCUT2D eigenvalue weighted by molar-refractivity contribution is 0.466. The Balaban J connectivity index is 2.04. The number of phenolic OH excluding ortho intramolecular Hbond substituents is 1. The molecule has 17 heavy (non-hydrogen) atoms. The SMILES string of the molecule is CCc1cc(NCc2cc(F)ccc2O)n[nH]1.